The molecule has 0 bridgehead atoms. The summed E-state index contributed by atoms with van der Waals surface area (Å²) in [4.78, 5) is 18.1. The second-order valence-corrected chi connectivity index (χ2v) is 6.88. The standard InChI is InChI=1S/C18H15NOS2/c1-12-3-7-14(8-4-12)18-19-17(20)16(22-18)11-13-5-9-15(21-2)10-6-13/h3-11H,1-2H3/b16-11+. The minimum absolute atomic E-state index is 0.158. The topological polar surface area (TPSA) is 29.4 Å². The molecule has 0 atom stereocenters. The van der Waals surface area contributed by atoms with Gasteiger partial charge in [-0.15, -0.1) is 11.8 Å². The minimum atomic E-state index is -0.158. The predicted molar refractivity (Wildman–Crippen MR) is 96.5 cm³/mol. The van der Waals surface area contributed by atoms with Crippen molar-refractivity contribution in [3.63, 3.8) is 0 Å². The van der Waals surface area contributed by atoms with E-state index in [0.29, 0.717) is 4.91 Å². The smallest absolute Gasteiger partial charge is 0.266 e. The van der Waals surface area contributed by atoms with Crippen LogP contribution in [0.4, 0.5) is 0 Å². The van der Waals surface area contributed by atoms with Gasteiger partial charge < -0.3 is 0 Å². The summed E-state index contributed by atoms with van der Waals surface area (Å²) < 4.78 is 0. The summed E-state index contributed by atoms with van der Waals surface area (Å²) >= 11 is 3.14. The number of hydrogen-bond donors (Lipinski definition) is 0. The van der Waals surface area contributed by atoms with E-state index in [-0.39, 0.29) is 5.91 Å². The third-order valence-corrected chi connectivity index (χ3v) is 5.11. The fourth-order valence-electron chi connectivity index (χ4n) is 2.08. The van der Waals surface area contributed by atoms with Crippen LogP contribution in [-0.2, 0) is 4.79 Å². The van der Waals surface area contributed by atoms with Crippen LogP contribution in [0.2, 0.25) is 0 Å². The molecule has 0 fully saturated rings. The third-order valence-electron chi connectivity index (χ3n) is 3.33. The van der Waals surface area contributed by atoms with Gasteiger partial charge in [0.2, 0.25) is 0 Å². The van der Waals surface area contributed by atoms with Crippen molar-refractivity contribution in [1.82, 2.24) is 0 Å². The van der Waals surface area contributed by atoms with E-state index in [9.17, 15) is 4.79 Å². The van der Waals surface area contributed by atoms with Crippen LogP contribution in [0.1, 0.15) is 16.7 Å². The molecule has 1 aliphatic heterocycles. The zero-order chi connectivity index (χ0) is 15.5. The largest absolute Gasteiger partial charge is 0.284 e. The number of thioether (sulfide) groups is 2. The molecule has 1 aliphatic rings. The molecule has 1 amide bonds. The van der Waals surface area contributed by atoms with Gasteiger partial charge in [0.1, 0.15) is 5.04 Å². The highest BCUT2D eigenvalue weighted by Gasteiger charge is 2.22. The molecule has 2 aromatic carbocycles. The van der Waals surface area contributed by atoms with E-state index in [1.807, 2.05) is 55.7 Å². The monoisotopic (exact) mass is 325 g/mol. The Bertz CT molecular complexity index is 759. The van der Waals surface area contributed by atoms with Crippen LogP contribution in [0.3, 0.4) is 0 Å². The molecule has 0 unspecified atom stereocenters. The van der Waals surface area contributed by atoms with Gasteiger partial charge in [0.25, 0.3) is 5.91 Å². The molecule has 0 saturated carbocycles. The first kappa shape index (κ1) is 15.1. The van der Waals surface area contributed by atoms with Crippen molar-refractivity contribution in [2.45, 2.75) is 11.8 Å². The zero-order valence-electron chi connectivity index (χ0n) is 12.4. The van der Waals surface area contributed by atoms with Gasteiger partial charge in [-0.05, 0) is 37.0 Å². The van der Waals surface area contributed by atoms with Gasteiger partial charge in [-0.3, -0.25) is 4.79 Å². The fraction of sp³-hybridized carbons (Fsp3) is 0.111. The van der Waals surface area contributed by atoms with Crippen molar-refractivity contribution in [3.8, 4) is 0 Å². The maximum absolute atomic E-state index is 12.1. The Morgan fingerprint density at radius 3 is 2.36 bits per heavy atom. The van der Waals surface area contributed by atoms with Gasteiger partial charge in [0.05, 0.1) is 4.91 Å². The molecule has 0 saturated heterocycles. The summed E-state index contributed by atoms with van der Waals surface area (Å²) in [7, 11) is 0. The fourth-order valence-corrected chi connectivity index (χ4v) is 3.41. The van der Waals surface area contributed by atoms with E-state index in [0.717, 1.165) is 16.2 Å². The minimum Gasteiger partial charge on any atom is -0.266 e. The molecular weight excluding hydrogens is 310 g/mol. The Balaban J connectivity index is 1.81. The number of benzene rings is 2. The van der Waals surface area contributed by atoms with Crippen molar-refractivity contribution >= 4 is 40.6 Å². The van der Waals surface area contributed by atoms with E-state index < -0.39 is 0 Å². The van der Waals surface area contributed by atoms with Crippen LogP contribution in [0, 0.1) is 6.92 Å². The lowest BCUT2D eigenvalue weighted by Gasteiger charge is -2.00. The summed E-state index contributed by atoms with van der Waals surface area (Å²) in [6.45, 7) is 2.04. The van der Waals surface area contributed by atoms with Gasteiger partial charge in [-0.1, -0.05) is 53.7 Å². The number of carbonyl (C=O) groups is 1. The molecule has 0 radical (unpaired) electrons. The lowest BCUT2D eigenvalue weighted by atomic mass is 10.2. The molecule has 2 nitrogen and oxygen atoms in total. The number of nitrogens with zero attached hydrogens (tertiary/aromatic N) is 1. The Morgan fingerprint density at radius 2 is 1.73 bits per heavy atom. The van der Waals surface area contributed by atoms with Gasteiger partial charge >= 0.3 is 0 Å². The van der Waals surface area contributed by atoms with Crippen molar-refractivity contribution < 1.29 is 4.79 Å². The first-order valence-electron chi connectivity index (χ1n) is 6.89. The summed E-state index contributed by atoms with van der Waals surface area (Å²) in [6.07, 6.45) is 3.95. The normalized spacial score (nSPS) is 16.2. The molecule has 0 aromatic heterocycles. The zero-order valence-corrected chi connectivity index (χ0v) is 14.0. The van der Waals surface area contributed by atoms with Gasteiger partial charge in [-0.25, -0.2) is 4.99 Å². The van der Waals surface area contributed by atoms with Crippen molar-refractivity contribution in [2.24, 2.45) is 4.99 Å². The molecule has 110 valence electrons. The van der Waals surface area contributed by atoms with E-state index in [2.05, 4.69) is 17.1 Å². The Morgan fingerprint density at radius 1 is 1.05 bits per heavy atom. The predicted octanol–water partition coefficient (Wildman–Crippen LogP) is 4.78. The number of aliphatic imine (C=N–C) groups is 1. The molecule has 0 spiro atoms. The molecule has 4 heteroatoms. The summed E-state index contributed by atoms with van der Waals surface area (Å²) in [5.74, 6) is -0.158. The van der Waals surface area contributed by atoms with E-state index in [1.54, 1.807) is 11.8 Å². The molecule has 0 aliphatic carbocycles. The average molecular weight is 325 g/mol. The van der Waals surface area contributed by atoms with E-state index in [4.69, 9.17) is 0 Å². The van der Waals surface area contributed by atoms with Crippen molar-refractivity contribution in [2.75, 3.05) is 6.26 Å². The first-order chi connectivity index (χ1) is 10.7. The third kappa shape index (κ3) is 3.34. The van der Waals surface area contributed by atoms with Gasteiger partial charge in [-0.2, -0.15) is 0 Å². The van der Waals surface area contributed by atoms with E-state index in [1.165, 1.54) is 22.2 Å². The number of hydrogen-bond acceptors (Lipinski definition) is 3. The number of aryl methyl sites for hydroxylation is 1. The van der Waals surface area contributed by atoms with Crippen LogP contribution in [0.25, 0.3) is 6.08 Å². The Labute approximate surface area is 138 Å². The van der Waals surface area contributed by atoms with Crippen molar-refractivity contribution in [1.29, 1.82) is 0 Å². The van der Waals surface area contributed by atoms with E-state index >= 15 is 0 Å². The molecule has 3 rings (SSSR count). The SMILES string of the molecule is CSc1ccc(/C=C2/SC(c3ccc(C)cc3)=NC2=O)cc1. The van der Waals surface area contributed by atoms with Gasteiger partial charge in [0, 0.05) is 10.5 Å². The highest BCUT2D eigenvalue weighted by molar-refractivity contribution is 8.19. The molecule has 2 aromatic rings. The number of rotatable bonds is 3. The van der Waals surface area contributed by atoms with Crippen LogP contribution in [0.5, 0.6) is 0 Å². The number of carbonyl (C=O) groups excluding carboxylic acids is 1. The quantitative estimate of drug-likeness (QED) is 0.601. The highest BCUT2D eigenvalue weighted by atomic mass is 32.2. The lowest BCUT2D eigenvalue weighted by Crippen LogP contribution is -1.90. The summed E-state index contributed by atoms with van der Waals surface area (Å²) in [5, 5.41) is 0.775. The van der Waals surface area contributed by atoms with Crippen LogP contribution in [-0.4, -0.2) is 17.2 Å². The second-order valence-electron chi connectivity index (χ2n) is 4.97. The average Bonchev–Trinajstić information content (AvgIpc) is 2.90. The molecule has 0 N–H and O–H groups in total. The second kappa shape index (κ2) is 6.55. The van der Waals surface area contributed by atoms with Crippen molar-refractivity contribution in [3.05, 3.63) is 70.1 Å². The Kier molecular flexibility index (Phi) is 4.50. The van der Waals surface area contributed by atoms with Crippen LogP contribution < -0.4 is 0 Å². The number of amides is 1. The van der Waals surface area contributed by atoms with Crippen LogP contribution >= 0.6 is 23.5 Å². The maximum atomic E-state index is 12.1. The lowest BCUT2D eigenvalue weighted by molar-refractivity contribution is -0.113. The Hall–Kier alpha value is -1.78. The summed E-state index contributed by atoms with van der Waals surface area (Å²) in [6, 6.07) is 16.2. The van der Waals surface area contributed by atoms with Crippen LogP contribution in [0.15, 0.2) is 63.3 Å². The molecule has 1 heterocycles. The maximum Gasteiger partial charge on any atom is 0.284 e. The molecule has 22 heavy (non-hydrogen) atoms. The first-order valence-corrected chi connectivity index (χ1v) is 8.93. The molecular formula is C18H15NOS2. The van der Waals surface area contributed by atoms with Gasteiger partial charge in [0.15, 0.2) is 0 Å². The highest BCUT2D eigenvalue weighted by Crippen LogP contribution is 2.32. The summed E-state index contributed by atoms with van der Waals surface area (Å²) in [5.41, 5.74) is 3.21.